The second-order valence-corrected chi connectivity index (χ2v) is 4.33. The first kappa shape index (κ1) is 12.2. The maximum atomic E-state index is 11.6. The summed E-state index contributed by atoms with van der Waals surface area (Å²) in [6, 6.07) is 0. The number of nitrogens with two attached hydrogens (primary N) is 1. The van der Waals surface area contributed by atoms with Crippen LogP contribution in [-0.2, 0) is 11.8 Å². The van der Waals surface area contributed by atoms with Crippen LogP contribution < -0.4 is 11.1 Å². The smallest absolute Gasteiger partial charge is 0.254 e. The molecular formula is C10H16N4O2. The van der Waals surface area contributed by atoms with E-state index in [-0.39, 0.29) is 12.5 Å². The summed E-state index contributed by atoms with van der Waals surface area (Å²) in [6.07, 6.45) is 3.07. The Hall–Kier alpha value is -1.85. The summed E-state index contributed by atoms with van der Waals surface area (Å²) in [5.41, 5.74) is 4.90. The zero-order chi connectivity index (χ0) is 12.3. The van der Waals surface area contributed by atoms with E-state index in [0.29, 0.717) is 5.56 Å². The van der Waals surface area contributed by atoms with E-state index in [1.54, 1.807) is 27.1 Å². The highest BCUT2D eigenvalue weighted by Gasteiger charge is 2.25. The average Bonchev–Trinajstić information content (AvgIpc) is 2.61. The zero-order valence-corrected chi connectivity index (χ0v) is 9.65. The van der Waals surface area contributed by atoms with Gasteiger partial charge in [0.2, 0.25) is 5.91 Å². The molecule has 0 aromatic carbocycles. The molecule has 6 heteroatoms. The predicted molar refractivity (Wildman–Crippen MR) is 58.5 cm³/mol. The molecule has 1 aromatic rings. The molecule has 0 atom stereocenters. The molecule has 3 N–H and O–H groups in total. The summed E-state index contributed by atoms with van der Waals surface area (Å²) in [4.78, 5) is 22.6. The number of amides is 2. The van der Waals surface area contributed by atoms with Crippen molar-refractivity contribution in [1.82, 2.24) is 15.1 Å². The van der Waals surface area contributed by atoms with Crippen molar-refractivity contribution in [1.29, 1.82) is 0 Å². The SMILES string of the molecule is Cn1cc(C(=O)NCC(C)(C)C(N)=O)cn1. The summed E-state index contributed by atoms with van der Waals surface area (Å²) in [7, 11) is 1.73. The average molecular weight is 224 g/mol. The lowest BCUT2D eigenvalue weighted by molar-refractivity contribution is -0.125. The lowest BCUT2D eigenvalue weighted by Crippen LogP contribution is -2.42. The molecule has 0 saturated carbocycles. The van der Waals surface area contributed by atoms with Crippen molar-refractivity contribution in [2.45, 2.75) is 13.8 Å². The maximum absolute atomic E-state index is 11.6. The van der Waals surface area contributed by atoms with Crippen molar-refractivity contribution in [2.24, 2.45) is 18.2 Å². The van der Waals surface area contributed by atoms with Crippen molar-refractivity contribution >= 4 is 11.8 Å². The molecule has 0 bridgehead atoms. The van der Waals surface area contributed by atoms with Gasteiger partial charge < -0.3 is 11.1 Å². The topological polar surface area (TPSA) is 90.0 Å². The van der Waals surface area contributed by atoms with Gasteiger partial charge in [-0.15, -0.1) is 0 Å². The first-order valence-electron chi connectivity index (χ1n) is 4.89. The van der Waals surface area contributed by atoms with Gasteiger partial charge in [0.15, 0.2) is 0 Å². The molecule has 1 aromatic heterocycles. The van der Waals surface area contributed by atoms with Gasteiger partial charge >= 0.3 is 0 Å². The van der Waals surface area contributed by atoms with Crippen LogP contribution in [-0.4, -0.2) is 28.1 Å². The van der Waals surface area contributed by atoms with E-state index in [1.807, 2.05) is 0 Å². The third-order valence-electron chi connectivity index (χ3n) is 2.32. The number of primary amides is 1. The van der Waals surface area contributed by atoms with E-state index >= 15 is 0 Å². The number of nitrogens with one attached hydrogen (secondary N) is 1. The van der Waals surface area contributed by atoms with Crippen molar-refractivity contribution in [3.8, 4) is 0 Å². The van der Waals surface area contributed by atoms with Crippen LogP contribution in [0.5, 0.6) is 0 Å². The third-order valence-corrected chi connectivity index (χ3v) is 2.32. The molecule has 0 unspecified atom stereocenters. The van der Waals surface area contributed by atoms with Crippen LogP contribution in [0.25, 0.3) is 0 Å². The number of hydrogen-bond acceptors (Lipinski definition) is 3. The molecule has 2 amide bonds. The van der Waals surface area contributed by atoms with Crippen LogP contribution in [0.2, 0.25) is 0 Å². The summed E-state index contributed by atoms with van der Waals surface area (Å²) in [6.45, 7) is 3.56. The van der Waals surface area contributed by atoms with Gasteiger partial charge in [0.05, 0.1) is 17.2 Å². The minimum Gasteiger partial charge on any atom is -0.369 e. The van der Waals surface area contributed by atoms with E-state index in [4.69, 9.17) is 5.73 Å². The third kappa shape index (κ3) is 2.82. The Bertz CT molecular complexity index is 409. The molecule has 0 fully saturated rings. The van der Waals surface area contributed by atoms with Crippen LogP contribution in [0, 0.1) is 5.41 Å². The van der Waals surface area contributed by atoms with Crippen molar-refractivity contribution < 1.29 is 9.59 Å². The molecule has 6 nitrogen and oxygen atoms in total. The summed E-state index contributed by atoms with van der Waals surface area (Å²) >= 11 is 0. The van der Waals surface area contributed by atoms with Gasteiger partial charge in [0.25, 0.3) is 5.91 Å². The Labute approximate surface area is 93.8 Å². The highest BCUT2D eigenvalue weighted by atomic mass is 16.2. The van der Waals surface area contributed by atoms with E-state index < -0.39 is 11.3 Å². The van der Waals surface area contributed by atoms with Crippen molar-refractivity contribution in [2.75, 3.05) is 6.54 Å². The van der Waals surface area contributed by atoms with Gasteiger partial charge in [0, 0.05) is 19.8 Å². The fraction of sp³-hybridized carbons (Fsp3) is 0.500. The highest BCUT2D eigenvalue weighted by molar-refractivity contribution is 5.94. The molecule has 1 heterocycles. The fourth-order valence-corrected chi connectivity index (χ4v) is 1.03. The minimum atomic E-state index is -0.752. The van der Waals surface area contributed by atoms with Crippen LogP contribution in [0.15, 0.2) is 12.4 Å². The van der Waals surface area contributed by atoms with Crippen LogP contribution >= 0.6 is 0 Å². The number of carbonyl (C=O) groups excluding carboxylic acids is 2. The normalized spacial score (nSPS) is 11.2. The number of aryl methyl sites for hydroxylation is 1. The number of hydrogen-bond donors (Lipinski definition) is 2. The van der Waals surface area contributed by atoms with Gasteiger partial charge in [-0.1, -0.05) is 0 Å². The van der Waals surface area contributed by atoms with Crippen LogP contribution in [0.1, 0.15) is 24.2 Å². The largest absolute Gasteiger partial charge is 0.369 e. The molecule has 0 aliphatic carbocycles. The van der Waals surface area contributed by atoms with Gasteiger partial charge in [-0.3, -0.25) is 14.3 Å². The molecule has 16 heavy (non-hydrogen) atoms. The predicted octanol–water partition coefficient (Wildman–Crippen LogP) is -0.339. The molecule has 0 aliphatic rings. The minimum absolute atomic E-state index is 0.204. The van der Waals surface area contributed by atoms with Crippen LogP contribution in [0.3, 0.4) is 0 Å². The first-order chi connectivity index (χ1) is 7.33. The number of rotatable bonds is 4. The van der Waals surface area contributed by atoms with Gasteiger partial charge in [-0.2, -0.15) is 5.10 Å². The van der Waals surface area contributed by atoms with Gasteiger partial charge in [-0.05, 0) is 13.8 Å². The number of aromatic nitrogens is 2. The Morgan fingerprint density at radius 1 is 1.56 bits per heavy atom. The Morgan fingerprint density at radius 2 is 2.19 bits per heavy atom. The molecule has 0 spiro atoms. The lowest BCUT2D eigenvalue weighted by atomic mass is 9.93. The standard InChI is InChI=1S/C10H16N4O2/c1-10(2,9(11)16)6-12-8(15)7-4-13-14(3)5-7/h4-5H,6H2,1-3H3,(H2,11,16)(H,12,15). The maximum Gasteiger partial charge on any atom is 0.254 e. The monoisotopic (exact) mass is 224 g/mol. The Morgan fingerprint density at radius 3 is 2.62 bits per heavy atom. The molecule has 1 rings (SSSR count). The number of nitrogens with zero attached hydrogens (tertiary/aromatic N) is 2. The van der Waals surface area contributed by atoms with Gasteiger partial charge in [0.1, 0.15) is 0 Å². The second-order valence-electron chi connectivity index (χ2n) is 4.33. The summed E-state index contributed by atoms with van der Waals surface area (Å²) < 4.78 is 1.54. The molecule has 0 saturated heterocycles. The van der Waals surface area contributed by atoms with Crippen LogP contribution in [0.4, 0.5) is 0 Å². The Kier molecular flexibility index (Phi) is 3.31. The molecule has 0 radical (unpaired) electrons. The highest BCUT2D eigenvalue weighted by Crippen LogP contribution is 2.12. The molecule has 0 aliphatic heterocycles. The zero-order valence-electron chi connectivity index (χ0n) is 9.65. The lowest BCUT2D eigenvalue weighted by Gasteiger charge is -2.20. The van der Waals surface area contributed by atoms with E-state index in [1.165, 1.54) is 10.9 Å². The molecular weight excluding hydrogens is 208 g/mol. The Balaban J connectivity index is 2.57. The number of carbonyl (C=O) groups is 2. The summed E-state index contributed by atoms with van der Waals surface area (Å²) in [5.74, 6) is -0.707. The van der Waals surface area contributed by atoms with Gasteiger partial charge in [-0.25, -0.2) is 0 Å². The van der Waals surface area contributed by atoms with Crippen molar-refractivity contribution in [3.05, 3.63) is 18.0 Å². The quantitative estimate of drug-likeness (QED) is 0.733. The van der Waals surface area contributed by atoms with E-state index in [9.17, 15) is 9.59 Å². The van der Waals surface area contributed by atoms with E-state index in [2.05, 4.69) is 10.4 Å². The summed E-state index contributed by atoms with van der Waals surface area (Å²) in [5, 5.41) is 6.52. The fourth-order valence-electron chi connectivity index (χ4n) is 1.03. The molecule has 88 valence electrons. The van der Waals surface area contributed by atoms with E-state index in [0.717, 1.165) is 0 Å². The van der Waals surface area contributed by atoms with Crippen molar-refractivity contribution in [3.63, 3.8) is 0 Å². The first-order valence-corrected chi connectivity index (χ1v) is 4.89. The second kappa shape index (κ2) is 4.34.